The normalized spacial score (nSPS) is 17.0. The summed E-state index contributed by atoms with van der Waals surface area (Å²) in [5.41, 5.74) is 2.14. The molecule has 1 aliphatic rings. The molecular formula is C18H23N3O2S. The fourth-order valence-corrected chi connectivity index (χ4v) is 4.29. The van der Waals surface area contributed by atoms with Gasteiger partial charge in [0.25, 0.3) is 0 Å². The molecule has 1 aliphatic heterocycles. The summed E-state index contributed by atoms with van der Waals surface area (Å²) in [4.78, 5) is 7.02. The molecule has 2 heterocycles. The summed E-state index contributed by atoms with van der Waals surface area (Å²) >= 11 is 0. The van der Waals surface area contributed by atoms with Crippen LogP contribution in [0.5, 0.6) is 0 Å². The number of aromatic nitrogens is 1. The van der Waals surface area contributed by atoms with Gasteiger partial charge >= 0.3 is 0 Å². The maximum Gasteiger partial charge on any atom is 0.243 e. The van der Waals surface area contributed by atoms with Crippen molar-refractivity contribution in [2.24, 2.45) is 0 Å². The molecule has 0 unspecified atom stereocenters. The Morgan fingerprint density at radius 1 is 1.00 bits per heavy atom. The summed E-state index contributed by atoms with van der Waals surface area (Å²) in [6.07, 6.45) is 2.70. The lowest BCUT2D eigenvalue weighted by Gasteiger charge is -2.33. The third-order valence-electron chi connectivity index (χ3n) is 4.40. The second-order valence-corrected chi connectivity index (χ2v) is 8.07. The van der Waals surface area contributed by atoms with Crippen LogP contribution in [0.3, 0.4) is 0 Å². The molecule has 0 spiro atoms. The number of rotatable bonds is 5. The molecule has 0 saturated carbocycles. The predicted octanol–water partition coefficient (Wildman–Crippen LogP) is 1.94. The van der Waals surface area contributed by atoms with Gasteiger partial charge in [-0.25, -0.2) is 8.42 Å². The van der Waals surface area contributed by atoms with Gasteiger partial charge in [0.05, 0.1) is 4.90 Å². The van der Waals surface area contributed by atoms with E-state index in [0.717, 1.165) is 37.3 Å². The van der Waals surface area contributed by atoms with Crippen LogP contribution in [0.25, 0.3) is 0 Å². The van der Waals surface area contributed by atoms with Crippen LogP contribution in [0.15, 0.2) is 53.6 Å². The number of hydrogen-bond donors (Lipinski definition) is 0. The van der Waals surface area contributed by atoms with E-state index in [-0.39, 0.29) is 0 Å². The Bertz CT molecular complexity index is 753. The van der Waals surface area contributed by atoms with Gasteiger partial charge in [0.15, 0.2) is 0 Å². The summed E-state index contributed by atoms with van der Waals surface area (Å²) in [6, 6.07) is 13.0. The third-order valence-corrected chi connectivity index (χ3v) is 6.31. The summed E-state index contributed by atoms with van der Waals surface area (Å²) in [7, 11) is -3.38. The molecular weight excluding hydrogens is 322 g/mol. The molecule has 1 aromatic carbocycles. The van der Waals surface area contributed by atoms with Crippen molar-refractivity contribution in [1.82, 2.24) is 14.2 Å². The van der Waals surface area contributed by atoms with Crippen LogP contribution in [0.4, 0.5) is 0 Å². The standard InChI is InChI=1S/C18H23N3O2S/c1-16-5-7-18(8-6-16)24(22,23)21-14-12-20(13-15-21)11-9-17-4-2-3-10-19-17/h2-8,10H,9,11-15H2,1H3. The van der Waals surface area contributed by atoms with E-state index in [0.29, 0.717) is 18.0 Å². The molecule has 5 nitrogen and oxygen atoms in total. The van der Waals surface area contributed by atoms with Crippen molar-refractivity contribution in [3.05, 3.63) is 59.9 Å². The zero-order valence-corrected chi connectivity index (χ0v) is 14.7. The fourth-order valence-electron chi connectivity index (χ4n) is 2.87. The van der Waals surface area contributed by atoms with E-state index in [1.807, 2.05) is 37.3 Å². The Morgan fingerprint density at radius 3 is 2.33 bits per heavy atom. The van der Waals surface area contributed by atoms with E-state index in [9.17, 15) is 8.42 Å². The maximum absolute atomic E-state index is 12.7. The van der Waals surface area contributed by atoms with Crippen LogP contribution in [0.2, 0.25) is 0 Å². The molecule has 0 N–H and O–H groups in total. The number of benzene rings is 1. The average Bonchev–Trinajstić information content (AvgIpc) is 2.61. The first-order valence-corrected chi connectivity index (χ1v) is 9.69. The number of pyridine rings is 1. The summed E-state index contributed by atoms with van der Waals surface area (Å²) in [5.74, 6) is 0. The Balaban J connectivity index is 1.55. The van der Waals surface area contributed by atoms with Crippen LogP contribution >= 0.6 is 0 Å². The van der Waals surface area contributed by atoms with Gasteiger partial charge in [-0.15, -0.1) is 0 Å². The fraction of sp³-hybridized carbons (Fsp3) is 0.389. The molecule has 0 amide bonds. The summed E-state index contributed by atoms with van der Waals surface area (Å²) in [6.45, 7) is 5.47. The molecule has 0 radical (unpaired) electrons. The molecule has 0 bridgehead atoms. The van der Waals surface area contributed by atoms with Gasteiger partial charge in [0.1, 0.15) is 0 Å². The molecule has 1 fully saturated rings. The minimum absolute atomic E-state index is 0.384. The minimum atomic E-state index is -3.38. The predicted molar refractivity (Wildman–Crippen MR) is 94.3 cm³/mol. The SMILES string of the molecule is Cc1ccc(S(=O)(=O)N2CCN(CCc3ccccn3)CC2)cc1. The first-order valence-electron chi connectivity index (χ1n) is 8.25. The van der Waals surface area contributed by atoms with Crippen LogP contribution in [0, 0.1) is 6.92 Å². The molecule has 0 aliphatic carbocycles. The lowest BCUT2D eigenvalue weighted by molar-refractivity contribution is 0.190. The monoisotopic (exact) mass is 345 g/mol. The van der Waals surface area contributed by atoms with Crippen LogP contribution in [-0.4, -0.2) is 55.3 Å². The Kier molecular flexibility index (Phi) is 5.28. The summed E-state index contributed by atoms with van der Waals surface area (Å²) in [5, 5.41) is 0. The van der Waals surface area contributed by atoms with Crippen molar-refractivity contribution in [3.63, 3.8) is 0 Å². The zero-order valence-electron chi connectivity index (χ0n) is 13.9. The van der Waals surface area contributed by atoms with E-state index < -0.39 is 10.0 Å². The summed E-state index contributed by atoms with van der Waals surface area (Å²) < 4.78 is 27.0. The number of aryl methyl sites for hydroxylation is 1. The van der Waals surface area contributed by atoms with Crippen LogP contribution in [0.1, 0.15) is 11.3 Å². The van der Waals surface area contributed by atoms with E-state index >= 15 is 0 Å². The second kappa shape index (κ2) is 7.42. The highest BCUT2D eigenvalue weighted by Gasteiger charge is 2.28. The molecule has 6 heteroatoms. The van der Waals surface area contributed by atoms with Gasteiger partial charge in [-0.2, -0.15) is 4.31 Å². The number of nitrogens with zero attached hydrogens (tertiary/aromatic N) is 3. The lowest BCUT2D eigenvalue weighted by atomic mass is 10.2. The molecule has 1 saturated heterocycles. The topological polar surface area (TPSA) is 53.5 Å². The highest BCUT2D eigenvalue weighted by atomic mass is 32.2. The second-order valence-electron chi connectivity index (χ2n) is 6.13. The van der Waals surface area contributed by atoms with Crippen molar-refractivity contribution in [2.75, 3.05) is 32.7 Å². The van der Waals surface area contributed by atoms with Crippen molar-refractivity contribution in [1.29, 1.82) is 0 Å². The Labute approximate surface area is 144 Å². The first kappa shape index (κ1) is 17.1. The zero-order chi connectivity index (χ0) is 17.0. The van der Waals surface area contributed by atoms with Crippen molar-refractivity contribution in [3.8, 4) is 0 Å². The Morgan fingerprint density at radius 2 is 1.71 bits per heavy atom. The van der Waals surface area contributed by atoms with Crippen LogP contribution in [-0.2, 0) is 16.4 Å². The molecule has 0 atom stereocenters. The van der Waals surface area contributed by atoms with Gasteiger partial charge in [-0.1, -0.05) is 23.8 Å². The molecule has 2 aromatic rings. The van der Waals surface area contributed by atoms with E-state index in [4.69, 9.17) is 0 Å². The Hall–Kier alpha value is -1.76. The highest BCUT2D eigenvalue weighted by Crippen LogP contribution is 2.18. The largest absolute Gasteiger partial charge is 0.300 e. The van der Waals surface area contributed by atoms with Crippen LogP contribution < -0.4 is 0 Å². The van der Waals surface area contributed by atoms with E-state index in [1.165, 1.54) is 0 Å². The molecule has 1 aromatic heterocycles. The molecule has 128 valence electrons. The minimum Gasteiger partial charge on any atom is -0.300 e. The number of hydrogen-bond acceptors (Lipinski definition) is 4. The van der Waals surface area contributed by atoms with Gasteiger partial charge in [0.2, 0.25) is 10.0 Å². The van der Waals surface area contributed by atoms with E-state index in [1.54, 1.807) is 22.6 Å². The average molecular weight is 345 g/mol. The highest BCUT2D eigenvalue weighted by molar-refractivity contribution is 7.89. The number of sulfonamides is 1. The molecule has 24 heavy (non-hydrogen) atoms. The van der Waals surface area contributed by atoms with Gasteiger partial charge < -0.3 is 4.90 Å². The smallest absolute Gasteiger partial charge is 0.243 e. The van der Waals surface area contributed by atoms with Gasteiger partial charge in [-0.05, 0) is 31.2 Å². The maximum atomic E-state index is 12.7. The van der Waals surface area contributed by atoms with Gasteiger partial charge in [0, 0.05) is 51.0 Å². The van der Waals surface area contributed by atoms with Crippen molar-refractivity contribution >= 4 is 10.0 Å². The van der Waals surface area contributed by atoms with Gasteiger partial charge in [-0.3, -0.25) is 4.98 Å². The number of piperazine rings is 1. The van der Waals surface area contributed by atoms with Crippen molar-refractivity contribution < 1.29 is 8.42 Å². The molecule has 3 rings (SSSR count). The third kappa shape index (κ3) is 4.01. The quantitative estimate of drug-likeness (QED) is 0.831. The first-order chi connectivity index (χ1) is 11.6. The van der Waals surface area contributed by atoms with Crippen molar-refractivity contribution in [2.45, 2.75) is 18.2 Å². The lowest BCUT2D eigenvalue weighted by Crippen LogP contribution is -2.49. The van der Waals surface area contributed by atoms with E-state index in [2.05, 4.69) is 9.88 Å².